The van der Waals surface area contributed by atoms with Crippen molar-refractivity contribution in [3.8, 4) is 0 Å². The highest BCUT2D eigenvalue weighted by Gasteiger charge is 2.49. The molecule has 0 aliphatic carbocycles. The molecule has 0 unspecified atom stereocenters. The Hall–Kier alpha value is -4.09. The summed E-state index contributed by atoms with van der Waals surface area (Å²) < 4.78 is 5.57. The van der Waals surface area contributed by atoms with Gasteiger partial charge in [-0.05, 0) is 71.7 Å². The van der Waals surface area contributed by atoms with Gasteiger partial charge < -0.3 is 29.9 Å². The Morgan fingerprint density at radius 3 is 2.26 bits per heavy atom. The third kappa shape index (κ3) is 7.27. The number of nitrogens with zero attached hydrogens (tertiary/aromatic N) is 4. The normalized spacial score (nSPS) is 19.2. The molecule has 212 valence electrons. The number of H-pyrrole nitrogens is 1. The van der Waals surface area contributed by atoms with Crippen molar-refractivity contribution in [1.29, 1.82) is 0 Å². The number of carbonyl (C=O) groups is 4. The maximum Gasteiger partial charge on any atom is 0.411 e. The van der Waals surface area contributed by atoms with E-state index >= 15 is 0 Å². The van der Waals surface area contributed by atoms with Crippen LogP contribution in [0.1, 0.15) is 56.8 Å². The summed E-state index contributed by atoms with van der Waals surface area (Å²) >= 11 is 0. The van der Waals surface area contributed by atoms with Crippen molar-refractivity contribution in [3.63, 3.8) is 0 Å². The van der Waals surface area contributed by atoms with Gasteiger partial charge in [-0.2, -0.15) is 0 Å². The molecule has 1 atom stereocenters. The number of nitrogens with one attached hydrogen (secondary N) is 2. The Morgan fingerprint density at radius 2 is 1.72 bits per heavy atom. The van der Waals surface area contributed by atoms with Crippen LogP contribution >= 0.6 is 0 Å². The molecule has 2 aliphatic heterocycles. The fourth-order valence-corrected chi connectivity index (χ4v) is 4.79. The number of aromatic amines is 1. The van der Waals surface area contributed by atoms with Gasteiger partial charge in [-0.1, -0.05) is 0 Å². The maximum absolute atomic E-state index is 13.5. The zero-order chi connectivity index (χ0) is 28.8. The van der Waals surface area contributed by atoms with E-state index in [1.165, 1.54) is 6.20 Å². The van der Waals surface area contributed by atoms with E-state index in [-0.39, 0.29) is 18.3 Å². The van der Waals surface area contributed by atoms with E-state index in [9.17, 15) is 14.4 Å². The first kappa shape index (κ1) is 29.5. The lowest BCUT2D eigenvalue weighted by Crippen LogP contribution is -2.60. The second-order valence-corrected chi connectivity index (χ2v) is 10.8. The first-order valence-electron chi connectivity index (χ1n) is 12.9. The molecule has 4 rings (SSSR count). The van der Waals surface area contributed by atoms with Crippen molar-refractivity contribution in [2.24, 2.45) is 0 Å². The van der Waals surface area contributed by atoms with E-state index in [2.05, 4.69) is 20.2 Å². The molecule has 1 aromatic heterocycles. The van der Waals surface area contributed by atoms with Gasteiger partial charge in [0.1, 0.15) is 22.7 Å². The zero-order valence-corrected chi connectivity index (χ0v) is 23.2. The fraction of sp³-hybridized carbons (Fsp3) is 0.519. The summed E-state index contributed by atoms with van der Waals surface area (Å²) in [5.41, 5.74) is 0.656. The lowest BCUT2D eigenvalue weighted by atomic mass is 9.96. The van der Waals surface area contributed by atoms with Crippen LogP contribution < -0.4 is 10.2 Å². The Balaban J connectivity index is 0.00000134. The van der Waals surface area contributed by atoms with E-state index in [1.54, 1.807) is 11.8 Å². The molecule has 2 saturated heterocycles. The minimum Gasteiger partial charge on any atom is -0.483 e. The summed E-state index contributed by atoms with van der Waals surface area (Å²) in [6.45, 7) is 12.0. The molecule has 0 spiro atoms. The number of amides is 3. The quantitative estimate of drug-likeness (QED) is 0.499. The number of likely N-dealkylation sites (tertiary alicyclic amines) is 1. The van der Waals surface area contributed by atoms with Crippen molar-refractivity contribution in [2.45, 2.75) is 58.6 Å². The molecule has 2 fully saturated rings. The maximum atomic E-state index is 13.5. The molecule has 0 saturated carbocycles. The van der Waals surface area contributed by atoms with Crippen LogP contribution in [0.5, 0.6) is 0 Å². The van der Waals surface area contributed by atoms with Crippen molar-refractivity contribution in [1.82, 2.24) is 19.8 Å². The molecule has 0 radical (unpaired) electrons. The lowest BCUT2D eigenvalue weighted by Gasteiger charge is -2.42. The molecule has 2 aromatic rings. The third-order valence-corrected chi connectivity index (χ3v) is 6.72. The van der Waals surface area contributed by atoms with Crippen molar-refractivity contribution in [2.75, 3.05) is 42.9 Å². The number of aryl methyl sites for hydroxylation is 1. The average molecular weight is 543 g/mol. The molecule has 12 heteroatoms. The molecule has 39 heavy (non-hydrogen) atoms. The topological polar surface area (TPSA) is 148 Å². The first-order chi connectivity index (χ1) is 18.4. The predicted octanol–water partition coefficient (Wildman–Crippen LogP) is 3.11. The summed E-state index contributed by atoms with van der Waals surface area (Å²) in [7, 11) is 0. The van der Waals surface area contributed by atoms with E-state index < -0.39 is 17.2 Å². The fourth-order valence-electron chi connectivity index (χ4n) is 4.79. The van der Waals surface area contributed by atoms with Crippen LogP contribution in [0.3, 0.4) is 0 Å². The van der Waals surface area contributed by atoms with Crippen LogP contribution in [-0.4, -0.2) is 93.1 Å². The number of hydrogen-bond acceptors (Lipinski definition) is 7. The molecule has 1 aromatic carbocycles. The summed E-state index contributed by atoms with van der Waals surface area (Å²) in [6.07, 6.45) is 2.50. The van der Waals surface area contributed by atoms with Gasteiger partial charge in [-0.25, -0.2) is 9.78 Å². The standard InChI is InChI=1S/C26H36N6O4.CH2O2/c1-18-27-17-21(28-18)22(33)29-19-7-9-20(10-8-19)30-13-15-31(16-14-30)23(34)26(5)11-6-12-32(26)24(35)36-25(2,3)4;2-1-3/h7-10,17H,6,11-16H2,1-5H3,(H,27,28)(H,29,33);1H,(H,2,3)/t26-;/m1./s1. The van der Waals surface area contributed by atoms with Gasteiger partial charge >= 0.3 is 6.09 Å². The highest BCUT2D eigenvalue weighted by atomic mass is 16.6. The van der Waals surface area contributed by atoms with Gasteiger partial charge in [0.15, 0.2) is 0 Å². The number of rotatable bonds is 4. The Morgan fingerprint density at radius 1 is 1.10 bits per heavy atom. The Labute approximate surface area is 228 Å². The van der Waals surface area contributed by atoms with E-state index in [0.29, 0.717) is 56.4 Å². The molecular weight excluding hydrogens is 504 g/mol. The van der Waals surface area contributed by atoms with E-state index in [0.717, 1.165) is 12.1 Å². The number of benzene rings is 1. The summed E-state index contributed by atoms with van der Waals surface area (Å²) in [4.78, 5) is 59.6. The summed E-state index contributed by atoms with van der Waals surface area (Å²) in [5, 5.41) is 9.75. The molecule has 3 N–H and O–H groups in total. The molecule has 3 amide bonds. The number of hydrogen-bond donors (Lipinski definition) is 3. The number of carboxylic acid groups (broad SMARTS) is 1. The van der Waals surface area contributed by atoms with Crippen molar-refractivity contribution >= 4 is 35.8 Å². The number of anilines is 2. The monoisotopic (exact) mass is 542 g/mol. The number of imidazole rings is 1. The number of aromatic nitrogens is 2. The summed E-state index contributed by atoms with van der Waals surface area (Å²) in [6, 6.07) is 7.67. The number of ether oxygens (including phenoxy) is 1. The van der Waals surface area contributed by atoms with Gasteiger partial charge in [0, 0.05) is 44.1 Å². The highest BCUT2D eigenvalue weighted by Crippen LogP contribution is 2.33. The molecule has 3 heterocycles. The summed E-state index contributed by atoms with van der Waals surface area (Å²) in [5.74, 6) is 0.432. The zero-order valence-electron chi connectivity index (χ0n) is 23.2. The van der Waals surface area contributed by atoms with Gasteiger partial charge in [0.05, 0.1) is 6.20 Å². The van der Waals surface area contributed by atoms with E-state index in [4.69, 9.17) is 14.6 Å². The van der Waals surface area contributed by atoms with Crippen LogP contribution in [0.4, 0.5) is 16.2 Å². The molecular formula is C27H38N6O6. The average Bonchev–Trinajstić information content (AvgIpc) is 3.50. The Kier molecular flexibility index (Phi) is 9.20. The van der Waals surface area contributed by atoms with Crippen molar-refractivity contribution in [3.05, 3.63) is 42.0 Å². The van der Waals surface area contributed by atoms with Crippen molar-refractivity contribution < 1.29 is 29.0 Å². The third-order valence-electron chi connectivity index (χ3n) is 6.72. The molecule has 2 aliphatic rings. The van der Waals surface area contributed by atoms with Gasteiger partial charge in [-0.15, -0.1) is 0 Å². The Bertz CT molecular complexity index is 1170. The van der Waals surface area contributed by atoms with Crippen LogP contribution in [-0.2, 0) is 14.3 Å². The number of piperazine rings is 1. The highest BCUT2D eigenvalue weighted by molar-refractivity contribution is 6.02. The predicted molar refractivity (Wildman–Crippen MR) is 146 cm³/mol. The SMILES string of the molecule is Cc1ncc(C(=O)Nc2ccc(N3CCN(C(=O)[C@@]4(C)CCCN4C(=O)OC(C)(C)C)CC3)cc2)[nH]1.O=CO. The molecule has 0 bridgehead atoms. The van der Waals surface area contributed by atoms with Crippen LogP contribution in [0, 0.1) is 6.92 Å². The van der Waals surface area contributed by atoms with Crippen LogP contribution in [0.2, 0.25) is 0 Å². The smallest absolute Gasteiger partial charge is 0.411 e. The number of carbonyl (C=O) groups excluding carboxylic acids is 3. The molecule has 12 nitrogen and oxygen atoms in total. The minimum absolute atomic E-state index is 0.0161. The second kappa shape index (κ2) is 12.2. The second-order valence-electron chi connectivity index (χ2n) is 10.8. The van der Waals surface area contributed by atoms with Gasteiger partial charge in [0.2, 0.25) is 5.91 Å². The largest absolute Gasteiger partial charge is 0.483 e. The van der Waals surface area contributed by atoms with Crippen LogP contribution in [0.25, 0.3) is 0 Å². The minimum atomic E-state index is -0.877. The first-order valence-corrected chi connectivity index (χ1v) is 12.9. The van der Waals surface area contributed by atoms with E-state index in [1.807, 2.05) is 56.9 Å². The van der Waals surface area contributed by atoms with Crippen LogP contribution in [0.15, 0.2) is 30.5 Å². The van der Waals surface area contributed by atoms with Gasteiger partial charge in [-0.3, -0.25) is 19.3 Å². The van der Waals surface area contributed by atoms with Gasteiger partial charge in [0.25, 0.3) is 12.4 Å². The lowest BCUT2D eigenvalue weighted by molar-refractivity contribution is -0.142.